The maximum Gasteiger partial charge on any atom is 0.257 e. The third kappa shape index (κ3) is 5.82. The molecular formula is C21H28N4O2. The average molecular weight is 368 g/mol. The molecule has 0 aromatic heterocycles. The van der Waals surface area contributed by atoms with Gasteiger partial charge in [0.1, 0.15) is 0 Å². The van der Waals surface area contributed by atoms with Gasteiger partial charge in [-0.25, -0.2) is 0 Å². The standard InChI is InChI=1S/C21H28N4O2/c1-4-25(5-2)15-14-23-20(26)16-10-12-17(13-11-16)24-21(27)18-8-6-7-9-19(18)22-3/h6-13,22H,4-5,14-15H2,1-3H3,(H,23,26)(H,24,27). The van der Waals surface area contributed by atoms with Gasteiger partial charge in [0.05, 0.1) is 5.56 Å². The van der Waals surface area contributed by atoms with E-state index in [9.17, 15) is 9.59 Å². The number of carbonyl (C=O) groups excluding carboxylic acids is 2. The van der Waals surface area contributed by atoms with Gasteiger partial charge in [-0.15, -0.1) is 0 Å². The number of hydrogen-bond donors (Lipinski definition) is 3. The maximum absolute atomic E-state index is 12.4. The van der Waals surface area contributed by atoms with E-state index in [4.69, 9.17) is 0 Å². The SMILES string of the molecule is CCN(CC)CCNC(=O)c1ccc(NC(=O)c2ccccc2NC)cc1. The van der Waals surface area contributed by atoms with Crippen LogP contribution in [0.1, 0.15) is 34.6 Å². The lowest BCUT2D eigenvalue weighted by Gasteiger charge is -2.18. The summed E-state index contributed by atoms with van der Waals surface area (Å²) < 4.78 is 0. The highest BCUT2D eigenvalue weighted by Gasteiger charge is 2.11. The summed E-state index contributed by atoms with van der Waals surface area (Å²) in [6.07, 6.45) is 0. The van der Waals surface area contributed by atoms with Crippen LogP contribution in [0.5, 0.6) is 0 Å². The van der Waals surface area contributed by atoms with Crippen LogP contribution in [0.4, 0.5) is 11.4 Å². The number of rotatable bonds is 9. The number of hydrogen-bond acceptors (Lipinski definition) is 4. The molecule has 0 bridgehead atoms. The predicted octanol–water partition coefficient (Wildman–Crippen LogP) is 3.05. The Hall–Kier alpha value is -2.86. The van der Waals surface area contributed by atoms with Gasteiger partial charge in [-0.2, -0.15) is 0 Å². The first kappa shape index (κ1) is 20.5. The molecule has 0 aliphatic carbocycles. The monoisotopic (exact) mass is 368 g/mol. The second kappa shape index (κ2) is 10.3. The summed E-state index contributed by atoms with van der Waals surface area (Å²) in [4.78, 5) is 26.9. The van der Waals surface area contributed by atoms with Crippen molar-refractivity contribution >= 4 is 23.2 Å². The number of carbonyl (C=O) groups is 2. The van der Waals surface area contributed by atoms with E-state index in [1.54, 1.807) is 37.4 Å². The Bertz CT molecular complexity index is 755. The Labute approximate surface area is 161 Å². The second-order valence-electron chi connectivity index (χ2n) is 6.11. The molecule has 144 valence electrons. The molecule has 2 aromatic carbocycles. The molecule has 0 fully saturated rings. The van der Waals surface area contributed by atoms with Crippen LogP contribution >= 0.6 is 0 Å². The van der Waals surface area contributed by atoms with Gasteiger partial charge in [0.2, 0.25) is 0 Å². The Kier molecular flexibility index (Phi) is 7.82. The van der Waals surface area contributed by atoms with Crippen molar-refractivity contribution in [2.45, 2.75) is 13.8 Å². The van der Waals surface area contributed by atoms with E-state index in [-0.39, 0.29) is 11.8 Å². The van der Waals surface area contributed by atoms with Gasteiger partial charge in [0.25, 0.3) is 11.8 Å². The molecule has 27 heavy (non-hydrogen) atoms. The van der Waals surface area contributed by atoms with E-state index in [2.05, 4.69) is 34.7 Å². The van der Waals surface area contributed by atoms with Gasteiger partial charge in [0, 0.05) is 37.1 Å². The van der Waals surface area contributed by atoms with E-state index in [1.165, 1.54) is 0 Å². The first-order chi connectivity index (χ1) is 13.1. The second-order valence-corrected chi connectivity index (χ2v) is 6.11. The molecule has 2 amide bonds. The lowest BCUT2D eigenvalue weighted by Crippen LogP contribution is -2.34. The third-order valence-electron chi connectivity index (χ3n) is 4.45. The molecule has 0 spiro atoms. The minimum Gasteiger partial charge on any atom is -0.387 e. The number of nitrogens with zero attached hydrogens (tertiary/aromatic N) is 1. The van der Waals surface area contributed by atoms with Crippen molar-refractivity contribution in [3.8, 4) is 0 Å². The first-order valence-corrected chi connectivity index (χ1v) is 9.27. The van der Waals surface area contributed by atoms with E-state index in [0.717, 1.165) is 25.3 Å². The fourth-order valence-corrected chi connectivity index (χ4v) is 2.77. The summed E-state index contributed by atoms with van der Waals surface area (Å²) in [5.74, 6) is -0.308. The van der Waals surface area contributed by atoms with E-state index in [1.807, 2.05) is 18.2 Å². The minimum absolute atomic E-state index is 0.111. The summed E-state index contributed by atoms with van der Waals surface area (Å²) in [7, 11) is 1.78. The maximum atomic E-state index is 12.4. The molecule has 0 unspecified atom stereocenters. The molecule has 0 radical (unpaired) electrons. The molecule has 0 aliphatic rings. The lowest BCUT2D eigenvalue weighted by molar-refractivity contribution is 0.0948. The van der Waals surface area contributed by atoms with Crippen LogP contribution in [0.15, 0.2) is 48.5 Å². The molecule has 0 atom stereocenters. The molecule has 3 N–H and O–H groups in total. The van der Waals surface area contributed by atoms with Gasteiger partial charge in [-0.1, -0.05) is 26.0 Å². The molecular weight excluding hydrogens is 340 g/mol. The fourth-order valence-electron chi connectivity index (χ4n) is 2.77. The van der Waals surface area contributed by atoms with Gasteiger partial charge in [-0.3, -0.25) is 9.59 Å². The highest BCUT2D eigenvalue weighted by Crippen LogP contribution is 2.17. The quantitative estimate of drug-likeness (QED) is 0.636. The molecule has 0 heterocycles. The number of anilines is 2. The third-order valence-corrected chi connectivity index (χ3v) is 4.45. The fraction of sp³-hybridized carbons (Fsp3) is 0.333. The van der Waals surface area contributed by atoms with Crippen LogP contribution in [0, 0.1) is 0 Å². The smallest absolute Gasteiger partial charge is 0.257 e. The zero-order valence-electron chi connectivity index (χ0n) is 16.2. The number of benzene rings is 2. The van der Waals surface area contributed by atoms with E-state index >= 15 is 0 Å². The highest BCUT2D eigenvalue weighted by molar-refractivity contribution is 6.08. The lowest BCUT2D eigenvalue weighted by atomic mass is 10.1. The topological polar surface area (TPSA) is 73.5 Å². The number of likely N-dealkylation sites (N-methyl/N-ethyl adjacent to an activating group) is 1. The van der Waals surface area contributed by atoms with Crippen LogP contribution in [0.2, 0.25) is 0 Å². The first-order valence-electron chi connectivity index (χ1n) is 9.27. The normalized spacial score (nSPS) is 10.5. The van der Waals surface area contributed by atoms with Crippen molar-refractivity contribution in [3.63, 3.8) is 0 Å². The van der Waals surface area contributed by atoms with Gasteiger partial charge >= 0.3 is 0 Å². The van der Waals surface area contributed by atoms with Crippen LogP contribution in [-0.4, -0.2) is 49.9 Å². The van der Waals surface area contributed by atoms with Crippen molar-refractivity contribution in [1.29, 1.82) is 0 Å². The predicted molar refractivity (Wildman–Crippen MR) is 111 cm³/mol. The summed E-state index contributed by atoms with van der Waals surface area (Å²) in [5.41, 5.74) is 2.55. The molecule has 6 nitrogen and oxygen atoms in total. The van der Waals surface area contributed by atoms with Crippen molar-refractivity contribution in [1.82, 2.24) is 10.2 Å². The summed E-state index contributed by atoms with van der Waals surface area (Å²) in [6, 6.07) is 14.2. The Morgan fingerprint density at radius 3 is 2.22 bits per heavy atom. The average Bonchev–Trinajstić information content (AvgIpc) is 2.71. The van der Waals surface area contributed by atoms with Crippen LogP contribution in [0.25, 0.3) is 0 Å². The minimum atomic E-state index is -0.198. The molecule has 0 aliphatic heterocycles. The van der Waals surface area contributed by atoms with Gasteiger partial charge < -0.3 is 20.9 Å². The van der Waals surface area contributed by atoms with Crippen LogP contribution in [0.3, 0.4) is 0 Å². The van der Waals surface area contributed by atoms with Crippen molar-refractivity contribution in [2.24, 2.45) is 0 Å². The van der Waals surface area contributed by atoms with Gasteiger partial charge in [-0.05, 0) is 49.5 Å². The van der Waals surface area contributed by atoms with E-state index in [0.29, 0.717) is 23.4 Å². The zero-order valence-corrected chi connectivity index (χ0v) is 16.2. The largest absolute Gasteiger partial charge is 0.387 e. The molecule has 2 rings (SSSR count). The van der Waals surface area contributed by atoms with Crippen molar-refractivity contribution < 1.29 is 9.59 Å². The van der Waals surface area contributed by atoms with Crippen molar-refractivity contribution in [3.05, 3.63) is 59.7 Å². The Balaban J connectivity index is 1.92. The van der Waals surface area contributed by atoms with Gasteiger partial charge in [0.15, 0.2) is 0 Å². The molecule has 2 aromatic rings. The zero-order chi connectivity index (χ0) is 19.6. The number of nitrogens with one attached hydrogen (secondary N) is 3. The number of amides is 2. The molecule has 0 saturated heterocycles. The highest BCUT2D eigenvalue weighted by atomic mass is 16.2. The number of para-hydroxylation sites is 1. The molecule has 0 saturated carbocycles. The Morgan fingerprint density at radius 2 is 1.59 bits per heavy atom. The van der Waals surface area contributed by atoms with Crippen LogP contribution in [-0.2, 0) is 0 Å². The summed E-state index contributed by atoms with van der Waals surface area (Å²) in [5, 5.41) is 8.78. The van der Waals surface area contributed by atoms with Crippen LogP contribution < -0.4 is 16.0 Å². The Morgan fingerprint density at radius 1 is 0.926 bits per heavy atom. The summed E-state index contributed by atoms with van der Waals surface area (Å²) >= 11 is 0. The summed E-state index contributed by atoms with van der Waals surface area (Å²) in [6.45, 7) is 7.59. The molecule has 6 heteroatoms. The van der Waals surface area contributed by atoms with E-state index < -0.39 is 0 Å². The van der Waals surface area contributed by atoms with Crippen molar-refractivity contribution in [2.75, 3.05) is 43.9 Å².